The SMILES string of the molecule is CCNc1cc(C(=O)N[C@@H](Cc2ccccc2)[C@@H](O)CNCCc2cccc3ccccc23)cc(N2CCCC2=O)c1. The molecule has 4 aromatic carbocycles. The molecule has 1 heterocycles. The second-order valence-corrected chi connectivity index (χ2v) is 10.9. The lowest BCUT2D eigenvalue weighted by Gasteiger charge is -2.25. The fourth-order valence-electron chi connectivity index (χ4n) is 5.65. The summed E-state index contributed by atoms with van der Waals surface area (Å²) in [6.07, 6.45) is 1.84. The van der Waals surface area contributed by atoms with Gasteiger partial charge in [0.05, 0.1) is 12.1 Å². The number of nitrogens with one attached hydrogen (secondary N) is 3. The van der Waals surface area contributed by atoms with Crippen molar-refractivity contribution in [2.24, 2.45) is 0 Å². The number of hydrogen-bond donors (Lipinski definition) is 4. The first-order valence-electron chi connectivity index (χ1n) is 14.9. The minimum atomic E-state index is -0.807. The third-order valence-corrected chi connectivity index (χ3v) is 7.83. The molecule has 1 aliphatic rings. The number of carbonyl (C=O) groups excluding carboxylic acids is 2. The average Bonchev–Trinajstić information content (AvgIpc) is 3.45. The topological polar surface area (TPSA) is 93.7 Å². The van der Waals surface area contributed by atoms with Crippen LogP contribution in [0.4, 0.5) is 11.4 Å². The van der Waals surface area contributed by atoms with Crippen LogP contribution in [-0.4, -0.2) is 55.2 Å². The Morgan fingerprint density at radius 2 is 1.76 bits per heavy atom. The summed E-state index contributed by atoms with van der Waals surface area (Å²) in [5.74, 6) is -0.208. The van der Waals surface area contributed by atoms with Crippen LogP contribution in [0.2, 0.25) is 0 Å². The van der Waals surface area contributed by atoms with Gasteiger partial charge in [0, 0.05) is 43.0 Å². The summed E-state index contributed by atoms with van der Waals surface area (Å²) in [5.41, 5.74) is 4.25. The van der Waals surface area contributed by atoms with E-state index in [0.717, 1.165) is 29.8 Å². The molecule has 1 aliphatic heterocycles. The first-order valence-corrected chi connectivity index (χ1v) is 14.9. The number of carbonyl (C=O) groups is 2. The van der Waals surface area contributed by atoms with Crippen molar-refractivity contribution in [3.8, 4) is 0 Å². The summed E-state index contributed by atoms with van der Waals surface area (Å²) < 4.78 is 0. The van der Waals surface area contributed by atoms with Crippen LogP contribution in [0.3, 0.4) is 0 Å². The molecule has 7 heteroatoms. The Morgan fingerprint density at radius 3 is 2.55 bits per heavy atom. The molecule has 4 N–H and O–H groups in total. The van der Waals surface area contributed by atoms with Crippen LogP contribution in [0, 0.1) is 0 Å². The van der Waals surface area contributed by atoms with Crippen molar-refractivity contribution in [1.29, 1.82) is 0 Å². The van der Waals surface area contributed by atoms with Crippen molar-refractivity contribution in [3.63, 3.8) is 0 Å². The molecule has 0 bridgehead atoms. The summed E-state index contributed by atoms with van der Waals surface area (Å²) in [4.78, 5) is 27.8. The summed E-state index contributed by atoms with van der Waals surface area (Å²) >= 11 is 0. The van der Waals surface area contributed by atoms with Gasteiger partial charge in [0.15, 0.2) is 0 Å². The monoisotopic (exact) mass is 564 g/mol. The van der Waals surface area contributed by atoms with E-state index in [2.05, 4.69) is 52.3 Å². The van der Waals surface area contributed by atoms with E-state index in [0.29, 0.717) is 44.6 Å². The number of aliphatic hydroxyl groups is 1. The van der Waals surface area contributed by atoms with Gasteiger partial charge in [-0.2, -0.15) is 0 Å². The van der Waals surface area contributed by atoms with Gasteiger partial charge in [0.25, 0.3) is 5.91 Å². The number of benzene rings is 4. The molecule has 0 unspecified atom stereocenters. The van der Waals surface area contributed by atoms with Crippen LogP contribution in [0.15, 0.2) is 91.0 Å². The predicted molar refractivity (Wildman–Crippen MR) is 170 cm³/mol. The van der Waals surface area contributed by atoms with Gasteiger partial charge in [0.1, 0.15) is 0 Å². The van der Waals surface area contributed by atoms with E-state index in [1.807, 2.05) is 49.4 Å². The van der Waals surface area contributed by atoms with Crippen molar-refractivity contribution in [3.05, 3.63) is 108 Å². The van der Waals surface area contributed by atoms with E-state index in [1.54, 1.807) is 17.0 Å². The number of rotatable bonds is 13. The molecule has 0 radical (unpaired) electrons. The molecule has 2 amide bonds. The van der Waals surface area contributed by atoms with Gasteiger partial charge in [-0.15, -0.1) is 0 Å². The number of amides is 2. The molecule has 5 rings (SSSR count). The van der Waals surface area contributed by atoms with Crippen LogP contribution in [-0.2, 0) is 17.6 Å². The van der Waals surface area contributed by atoms with E-state index in [-0.39, 0.29) is 11.8 Å². The molecule has 0 saturated carbocycles. The van der Waals surface area contributed by atoms with Crippen LogP contribution in [0.25, 0.3) is 10.8 Å². The molecule has 4 aromatic rings. The lowest BCUT2D eigenvalue weighted by atomic mass is 10.00. The van der Waals surface area contributed by atoms with Crippen molar-refractivity contribution in [1.82, 2.24) is 10.6 Å². The fraction of sp³-hybridized carbons (Fsp3) is 0.314. The summed E-state index contributed by atoms with van der Waals surface area (Å²) in [6, 6.07) is 29.6. The summed E-state index contributed by atoms with van der Waals surface area (Å²) in [5, 5.41) is 23.5. The fourth-order valence-corrected chi connectivity index (χ4v) is 5.65. The zero-order valence-electron chi connectivity index (χ0n) is 24.2. The molecular formula is C35H40N4O3. The number of anilines is 2. The zero-order chi connectivity index (χ0) is 29.3. The van der Waals surface area contributed by atoms with Gasteiger partial charge >= 0.3 is 0 Å². The molecule has 0 spiro atoms. The smallest absolute Gasteiger partial charge is 0.251 e. The third kappa shape index (κ3) is 7.35. The Morgan fingerprint density at radius 1 is 0.976 bits per heavy atom. The maximum atomic E-state index is 13.6. The normalized spacial score (nSPS) is 14.6. The third-order valence-electron chi connectivity index (χ3n) is 7.83. The molecule has 0 aliphatic carbocycles. The maximum absolute atomic E-state index is 13.6. The minimum absolute atomic E-state index is 0.0713. The van der Waals surface area contributed by atoms with Gasteiger partial charge in [-0.25, -0.2) is 0 Å². The Bertz CT molecular complexity index is 1500. The molecule has 1 saturated heterocycles. The van der Waals surface area contributed by atoms with Gasteiger partial charge in [-0.1, -0.05) is 72.8 Å². The largest absolute Gasteiger partial charge is 0.390 e. The minimum Gasteiger partial charge on any atom is -0.390 e. The quantitative estimate of drug-likeness (QED) is 0.173. The Hall–Kier alpha value is -4.20. The number of aliphatic hydroxyl groups excluding tert-OH is 1. The highest BCUT2D eigenvalue weighted by atomic mass is 16.3. The van der Waals surface area contributed by atoms with Crippen molar-refractivity contribution >= 4 is 34.0 Å². The predicted octanol–water partition coefficient (Wildman–Crippen LogP) is 4.93. The highest BCUT2D eigenvalue weighted by molar-refractivity contribution is 6.00. The van der Waals surface area contributed by atoms with Gasteiger partial charge in [-0.3, -0.25) is 9.59 Å². The van der Waals surface area contributed by atoms with E-state index in [1.165, 1.54) is 16.3 Å². The number of hydrogen-bond acceptors (Lipinski definition) is 5. The number of fused-ring (bicyclic) bond motifs is 1. The van der Waals surface area contributed by atoms with Crippen molar-refractivity contribution in [2.75, 3.05) is 36.4 Å². The van der Waals surface area contributed by atoms with E-state index < -0.39 is 12.1 Å². The molecule has 1 fully saturated rings. The second kappa shape index (κ2) is 14.1. The molecule has 7 nitrogen and oxygen atoms in total. The summed E-state index contributed by atoms with van der Waals surface area (Å²) in [6.45, 7) is 4.38. The second-order valence-electron chi connectivity index (χ2n) is 10.9. The zero-order valence-corrected chi connectivity index (χ0v) is 24.2. The van der Waals surface area contributed by atoms with Gasteiger partial charge in [0.2, 0.25) is 5.91 Å². The average molecular weight is 565 g/mol. The van der Waals surface area contributed by atoms with E-state index in [4.69, 9.17) is 0 Å². The molecule has 42 heavy (non-hydrogen) atoms. The summed E-state index contributed by atoms with van der Waals surface area (Å²) in [7, 11) is 0. The van der Waals surface area contributed by atoms with Crippen molar-refractivity contribution in [2.45, 2.75) is 44.8 Å². The highest BCUT2D eigenvalue weighted by Crippen LogP contribution is 2.27. The van der Waals surface area contributed by atoms with E-state index in [9.17, 15) is 14.7 Å². The van der Waals surface area contributed by atoms with E-state index >= 15 is 0 Å². The lowest BCUT2D eigenvalue weighted by Crippen LogP contribution is -2.49. The standard InChI is InChI=1S/C35H40N4O3/c1-2-37-29-21-28(22-30(23-29)39-19-9-16-34(39)41)35(42)38-32(20-25-10-4-3-5-11-25)33(40)24-36-18-17-27-14-8-13-26-12-6-7-15-31(26)27/h3-8,10-15,21-23,32-33,36-37,40H,2,9,16-20,24H2,1H3,(H,38,42)/t32-,33-/m0/s1. The Kier molecular flexibility index (Phi) is 9.85. The van der Waals surface area contributed by atoms with Gasteiger partial charge in [-0.05, 0) is 72.8 Å². The van der Waals surface area contributed by atoms with Crippen molar-refractivity contribution < 1.29 is 14.7 Å². The van der Waals surface area contributed by atoms with Crippen LogP contribution >= 0.6 is 0 Å². The lowest BCUT2D eigenvalue weighted by molar-refractivity contribution is -0.117. The molecule has 2 atom stereocenters. The molecular weight excluding hydrogens is 524 g/mol. The molecule has 0 aromatic heterocycles. The maximum Gasteiger partial charge on any atom is 0.251 e. The first kappa shape index (κ1) is 29.3. The Balaban J connectivity index is 1.28. The highest BCUT2D eigenvalue weighted by Gasteiger charge is 2.25. The first-order chi connectivity index (χ1) is 20.5. The molecule has 218 valence electrons. The number of nitrogens with zero attached hydrogens (tertiary/aromatic N) is 1. The van der Waals surface area contributed by atoms with Crippen LogP contribution in [0.1, 0.15) is 41.3 Å². The van der Waals surface area contributed by atoms with Gasteiger partial charge < -0.3 is 26.0 Å². The van der Waals surface area contributed by atoms with Crippen LogP contribution in [0.5, 0.6) is 0 Å². The van der Waals surface area contributed by atoms with Crippen LogP contribution < -0.4 is 20.9 Å². The Labute approximate surface area is 247 Å².